The summed E-state index contributed by atoms with van der Waals surface area (Å²) in [6, 6.07) is 11.3. The van der Waals surface area contributed by atoms with Crippen molar-refractivity contribution in [2.24, 2.45) is 0 Å². The SMILES string of the molecule is COc1cccc(-c2noc3nc(C4CC4)cc(C(=O)NCCn4ccc(C)n4)c23)c1. The summed E-state index contributed by atoms with van der Waals surface area (Å²) < 4.78 is 12.7. The van der Waals surface area contributed by atoms with E-state index in [1.54, 1.807) is 7.11 Å². The van der Waals surface area contributed by atoms with Crippen LogP contribution in [0.25, 0.3) is 22.4 Å². The molecule has 1 fully saturated rings. The van der Waals surface area contributed by atoms with Crippen molar-refractivity contribution in [3.05, 3.63) is 59.5 Å². The maximum absolute atomic E-state index is 13.2. The molecule has 1 amide bonds. The molecule has 5 rings (SSSR count). The van der Waals surface area contributed by atoms with Crippen LogP contribution in [-0.4, -0.2) is 39.5 Å². The van der Waals surface area contributed by atoms with Crippen molar-refractivity contribution >= 4 is 17.0 Å². The zero-order valence-corrected chi connectivity index (χ0v) is 17.5. The second-order valence-corrected chi connectivity index (χ2v) is 7.79. The summed E-state index contributed by atoms with van der Waals surface area (Å²) in [5, 5.41) is 12.2. The van der Waals surface area contributed by atoms with E-state index in [2.05, 4.69) is 20.6 Å². The van der Waals surface area contributed by atoms with Crippen LogP contribution in [0.1, 0.15) is 40.5 Å². The zero-order valence-electron chi connectivity index (χ0n) is 17.5. The fourth-order valence-corrected chi connectivity index (χ4v) is 3.67. The highest BCUT2D eigenvalue weighted by atomic mass is 16.5. The van der Waals surface area contributed by atoms with Gasteiger partial charge >= 0.3 is 0 Å². The van der Waals surface area contributed by atoms with E-state index in [9.17, 15) is 4.79 Å². The number of fused-ring (bicyclic) bond motifs is 1. The number of hydrogen-bond donors (Lipinski definition) is 1. The number of benzene rings is 1. The molecule has 31 heavy (non-hydrogen) atoms. The summed E-state index contributed by atoms with van der Waals surface area (Å²) in [6.45, 7) is 2.99. The molecule has 8 heteroatoms. The standard InChI is InChI=1S/C23H23N5O3/c1-14-8-10-28(26-14)11-9-24-22(29)18-13-19(15-6-7-15)25-23-20(18)21(27-31-23)16-4-3-5-17(12-16)30-2/h3-5,8,10,12-13,15H,6-7,9,11H2,1-2H3,(H,24,29). The maximum Gasteiger partial charge on any atom is 0.259 e. The Bertz CT molecular complexity index is 1260. The summed E-state index contributed by atoms with van der Waals surface area (Å²) in [5.74, 6) is 0.913. The van der Waals surface area contributed by atoms with Gasteiger partial charge in [0.15, 0.2) is 0 Å². The Morgan fingerprint density at radius 3 is 2.90 bits per heavy atom. The van der Waals surface area contributed by atoms with Crippen molar-refractivity contribution in [2.45, 2.75) is 32.2 Å². The number of aryl methyl sites for hydroxylation is 1. The summed E-state index contributed by atoms with van der Waals surface area (Å²) in [6.07, 6.45) is 4.06. The van der Waals surface area contributed by atoms with Crippen molar-refractivity contribution in [1.82, 2.24) is 25.2 Å². The predicted octanol–water partition coefficient (Wildman–Crippen LogP) is 3.71. The Balaban J connectivity index is 1.49. The van der Waals surface area contributed by atoms with Gasteiger partial charge in [-0.3, -0.25) is 9.48 Å². The number of rotatable bonds is 7. The second-order valence-electron chi connectivity index (χ2n) is 7.79. The molecular weight excluding hydrogens is 394 g/mol. The Labute approximate surface area is 179 Å². The van der Waals surface area contributed by atoms with Crippen molar-refractivity contribution in [1.29, 1.82) is 0 Å². The molecule has 0 atom stereocenters. The lowest BCUT2D eigenvalue weighted by molar-refractivity contribution is 0.0953. The van der Waals surface area contributed by atoms with E-state index in [1.807, 2.05) is 54.2 Å². The van der Waals surface area contributed by atoms with E-state index in [0.717, 1.165) is 29.8 Å². The van der Waals surface area contributed by atoms with E-state index < -0.39 is 0 Å². The van der Waals surface area contributed by atoms with Crippen LogP contribution in [0.3, 0.4) is 0 Å². The number of hydrogen-bond acceptors (Lipinski definition) is 6. The Morgan fingerprint density at radius 2 is 2.16 bits per heavy atom. The van der Waals surface area contributed by atoms with Gasteiger partial charge in [0.25, 0.3) is 11.6 Å². The van der Waals surface area contributed by atoms with E-state index in [4.69, 9.17) is 9.26 Å². The third kappa shape index (κ3) is 3.88. The molecule has 0 radical (unpaired) electrons. The number of ether oxygens (including phenoxy) is 1. The van der Waals surface area contributed by atoms with Gasteiger partial charge in [-0.05, 0) is 44.0 Å². The van der Waals surface area contributed by atoms with Crippen molar-refractivity contribution < 1.29 is 14.1 Å². The van der Waals surface area contributed by atoms with Crippen molar-refractivity contribution in [3.63, 3.8) is 0 Å². The van der Waals surface area contributed by atoms with Crippen LogP contribution in [0.5, 0.6) is 5.75 Å². The average Bonchev–Trinajstić information content (AvgIpc) is 3.42. The molecule has 0 bridgehead atoms. The summed E-state index contributed by atoms with van der Waals surface area (Å²) >= 11 is 0. The molecule has 0 spiro atoms. The van der Waals surface area contributed by atoms with Gasteiger partial charge in [-0.1, -0.05) is 17.3 Å². The van der Waals surface area contributed by atoms with Crippen LogP contribution >= 0.6 is 0 Å². The first kappa shape index (κ1) is 19.3. The highest BCUT2D eigenvalue weighted by Gasteiger charge is 2.29. The quantitative estimate of drug-likeness (QED) is 0.493. The molecule has 4 aromatic rings. The molecule has 1 saturated carbocycles. The number of nitrogens with zero attached hydrogens (tertiary/aromatic N) is 4. The lowest BCUT2D eigenvalue weighted by Crippen LogP contribution is -2.27. The number of carbonyl (C=O) groups excluding carboxylic acids is 1. The van der Waals surface area contributed by atoms with Crippen LogP contribution < -0.4 is 10.1 Å². The van der Waals surface area contributed by atoms with Gasteiger partial charge in [0.05, 0.1) is 30.3 Å². The van der Waals surface area contributed by atoms with Gasteiger partial charge in [-0.2, -0.15) is 5.10 Å². The number of carbonyl (C=O) groups is 1. The van der Waals surface area contributed by atoms with E-state index in [-0.39, 0.29) is 5.91 Å². The molecule has 1 aliphatic carbocycles. The number of nitrogens with one attached hydrogen (secondary N) is 1. The summed E-state index contributed by atoms with van der Waals surface area (Å²) in [4.78, 5) is 17.8. The molecule has 158 valence electrons. The molecule has 1 N–H and O–H groups in total. The number of pyridine rings is 1. The largest absolute Gasteiger partial charge is 0.497 e. The minimum Gasteiger partial charge on any atom is -0.497 e. The molecule has 0 aliphatic heterocycles. The molecule has 3 aromatic heterocycles. The lowest BCUT2D eigenvalue weighted by atomic mass is 10.0. The zero-order chi connectivity index (χ0) is 21.4. The third-order valence-electron chi connectivity index (χ3n) is 5.45. The third-order valence-corrected chi connectivity index (χ3v) is 5.45. The van der Waals surface area contributed by atoms with Crippen molar-refractivity contribution in [3.8, 4) is 17.0 Å². The maximum atomic E-state index is 13.2. The molecule has 0 saturated heterocycles. The number of methoxy groups -OCH3 is 1. The van der Waals surface area contributed by atoms with E-state index >= 15 is 0 Å². The average molecular weight is 417 g/mol. The first-order valence-electron chi connectivity index (χ1n) is 10.4. The van der Waals surface area contributed by atoms with Crippen molar-refractivity contribution in [2.75, 3.05) is 13.7 Å². The lowest BCUT2D eigenvalue weighted by Gasteiger charge is -2.09. The predicted molar refractivity (Wildman–Crippen MR) is 115 cm³/mol. The molecule has 0 unspecified atom stereocenters. The first-order chi connectivity index (χ1) is 15.1. The number of aromatic nitrogens is 4. The highest BCUT2D eigenvalue weighted by Crippen LogP contribution is 2.41. The van der Waals surface area contributed by atoms with Crippen LogP contribution in [0, 0.1) is 6.92 Å². The first-order valence-corrected chi connectivity index (χ1v) is 10.4. The van der Waals surface area contributed by atoms with Gasteiger partial charge in [-0.25, -0.2) is 4.98 Å². The minimum atomic E-state index is -0.175. The van der Waals surface area contributed by atoms with Gasteiger partial charge in [0.1, 0.15) is 11.4 Å². The van der Waals surface area contributed by atoms with Crippen LogP contribution in [0.2, 0.25) is 0 Å². The normalized spacial score (nSPS) is 13.5. The van der Waals surface area contributed by atoms with Crippen LogP contribution in [-0.2, 0) is 6.54 Å². The summed E-state index contributed by atoms with van der Waals surface area (Å²) in [5.41, 5.74) is 4.13. The fraction of sp³-hybridized carbons (Fsp3) is 0.304. The molecular formula is C23H23N5O3. The molecule has 1 aromatic carbocycles. The Morgan fingerprint density at radius 1 is 1.29 bits per heavy atom. The molecule has 8 nitrogen and oxygen atoms in total. The Kier molecular flexibility index (Phi) is 4.89. The van der Waals surface area contributed by atoms with Gasteiger partial charge < -0.3 is 14.6 Å². The van der Waals surface area contributed by atoms with Crippen LogP contribution in [0.15, 0.2) is 47.1 Å². The van der Waals surface area contributed by atoms with Gasteiger partial charge in [-0.15, -0.1) is 0 Å². The summed E-state index contributed by atoms with van der Waals surface area (Å²) in [7, 11) is 1.61. The van der Waals surface area contributed by atoms with Crippen LogP contribution in [0.4, 0.5) is 0 Å². The highest BCUT2D eigenvalue weighted by molar-refractivity contribution is 6.09. The Hall–Kier alpha value is -3.68. The number of amides is 1. The van der Waals surface area contributed by atoms with E-state index in [0.29, 0.717) is 47.1 Å². The second kappa shape index (κ2) is 7.86. The minimum absolute atomic E-state index is 0.175. The topological polar surface area (TPSA) is 95.1 Å². The monoisotopic (exact) mass is 417 g/mol. The smallest absolute Gasteiger partial charge is 0.259 e. The van der Waals surface area contributed by atoms with Gasteiger partial charge in [0, 0.05) is 29.9 Å². The molecule has 1 aliphatic rings. The van der Waals surface area contributed by atoms with Gasteiger partial charge in [0.2, 0.25) is 0 Å². The van der Waals surface area contributed by atoms with E-state index in [1.165, 1.54) is 0 Å². The molecule has 3 heterocycles. The fourth-order valence-electron chi connectivity index (χ4n) is 3.67.